The Labute approximate surface area is 193 Å². The van der Waals surface area contributed by atoms with Crippen molar-refractivity contribution in [3.63, 3.8) is 0 Å². The van der Waals surface area contributed by atoms with Crippen molar-refractivity contribution < 1.29 is 4.79 Å². The number of para-hydroxylation sites is 1. The van der Waals surface area contributed by atoms with E-state index in [9.17, 15) is 4.79 Å². The van der Waals surface area contributed by atoms with Gasteiger partial charge in [-0.25, -0.2) is 4.98 Å². The van der Waals surface area contributed by atoms with Gasteiger partial charge in [-0.15, -0.1) is 0 Å². The Bertz CT molecular complexity index is 1140. The molecular weight excluding hydrogens is 414 g/mol. The van der Waals surface area contributed by atoms with Gasteiger partial charge in [-0.1, -0.05) is 104 Å². The molecule has 0 atom stereocenters. The highest BCUT2D eigenvalue weighted by molar-refractivity contribution is 7.99. The number of thioether (sulfide) groups is 1. The standard InChI is InChI=1S/C27H27N3OS/c1-2-3-19-28-24(31)20-32-27-29-25(21-13-7-4-8-14-21)26(22-15-9-5-10-16-22)30(27)23-17-11-6-12-18-23/h4-18H,2-3,19-20H2,1H3,(H,28,31). The van der Waals surface area contributed by atoms with E-state index in [1.807, 2.05) is 54.6 Å². The zero-order valence-corrected chi connectivity index (χ0v) is 19.0. The van der Waals surface area contributed by atoms with Gasteiger partial charge in [-0.2, -0.15) is 0 Å². The third-order valence-electron chi connectivity index (χ3n) is 5.14. The summed E-state index contributed by atoms with van der Waals surface area (Å²) in [5, 5.41) is 3.81. The van der Waals surface area contributed by atoms with Gasteiger partial charge < -0.3 is 5.32 Å². The average molecular weight is 442 g/mol. The third-order valence-corrected chi connectivity index (χ3v) is 6.08. The van der Waals surface area contributed by atoms with Gasteiger partial charge >= 0.3 is 0 Å². The summed E-state index contributed by atoms with van der Waals surface area (Å²) in [6.45, 7) is 2.83. The van der Waals surface area contributed by atoms with Crippen LogP contribution in [-0.2, 0) is 4.79 Å². The smallest absolute Gasteiger partial charge is 0.230 e. The Morgan fingerprint density at radius 1 is 0.875 bits per heavy atom. The Morgan fingerprint density at radius 2 is 1.47 bits per heavy atom. The van der Waals surface area contributed by atoms with Crippen molar-refractivity contribution in [1.29, 1.82) is 0 Å². The quantitative estimate of drug-likeness (QED) is 0.248. The van der Waals surface area contributed by atoms with Crippen LogP contribution < -0.4 is 5.32 Å². The van der Waals surface area contributed by atoms with Crippen LogP contribution in [0.1, 0.15) is 19.8 Å². The second kappa shape index (κ2) is 10.8. The average Bonchev–Trinajstić information content (AvgIpc) is 3.24. The molecule has 3 aromatic carbocycles. The SMILES string of the molecule is CCCCNC(=O)CSc1nc(-c2ccccc2)c(-c2ccccc2)n1-c1ccccc1. The number of imidazole rings is 1. The van der Waals surface area contributed by atoms with Gasteiger partial charge in [0, 0.05) is 23.4 Å². The zero-order chi connectivity index (χ0) is 22.2. The molecule has 4 rings (SSSR count). The molecule has 32 heavy (non-hydrogen) atoms. The molecule has 0 unspecified atom stereocenters. The molecule has 1 N–H and O–H groups in total. The van der Waals surface area contributed by atoms with Crippen LogP contribution in [0, 0.1) is 0 Å². The Kier molecular flexibility index (Phi) is 7.41. The van der Waals surface area contributed by atoms with E-state index in [1.54, 1.807) is 0 Å². The van der Waals surface area contributed by atoms with Crippen molar-refractivity contribution in [1.82, 2.24) is 14.9 Å². The first-order chi connectivity index (χ1) is 15.8. The highest BCUT2D eigenvalue weighted by Crippen LogP contribution is 2.38. The van der Waals surface area contributed by atoms with Crippen LogP contribution in [-0.4, -0.2) is 27.8 Å². The van der Waals surface area contributed by atoms with Crippen LogP contribution in [0.5, 0.6) is 0 Å². The fourth-order valence-electron chi connectivity index (χ4n) is 3.56. The van der Waals surface area contributed by atoms with Crippen molar-refractivity contribution in [2.24, 2.45) is 0 Å². The van der Waals surface area contributed by atoms with Gasteiger partial charge in [0.05, 0.1) is 17.1 Å². The first-order valence-corrected chi connectivity index (χ1v) is 11.9. The minimum atomic E-state index is 0.0357. The fraction of sp³-hybridized carbons (Fsp3) is 0.185. The summed E-state index contributed by atoms with van der Waals surface area (Å²) in [6, 6.07) is 30.8. The van der Waals surface area contributed by atoms with Crippen LogP contribution in [0.3, 0.4) is 0 Å². The lowest BCUT2D eigenvalue weighted by molar-refractivity contribution is -0.118. The molecule has 0 spiro atoms. The Hall–Kier alpha value is -3.31. The van der Waals surface area contributed by atoms with Gasteiger partial charge in [0.15, 0.2) is 5.16 Å². The minimum absolute atomic E-state index is 0.0357. The van der Waals surface area contributed by atoms with Crippen LogP contribution >= 0.6 is 11.8 Å². The molecule has 0 aliphatic rings. The number of hydrogen-bond donors (Lipinski definition) is 1. The maximum atomic E-state index is 12.4. The second-order valence-corrected chi connectivity index (χ2v) is 8.43. The summed E-state index contributed by atoms with van der Waals surface area (Å²) >= 11 is 1.47. The monoisotopic (exact) mass is 441 g/mol. The summed E-state index contributed by atoms with van der Waals surface area (Å²) in [6.07, 6.45) is 2.05. The van der Waals surface area contributed by atoms with Gasteiger partial charge in [-0.05, 0) is 18.6 Å². The Balaban J connectivity index is 1.80. The number of carbonyl (C=O) groups is 1. The Morgan fingerprint density at radius 3 is 2.09 bits per heavy atom. The summed E-state index contributed by atoms with van der Waals surface area (Å²) < 4.78 is 2.17. The van der Waals surface area contributed by atoms with E-state index >= 15 is 0 Å². The molecule has 1 aromatic heterocycles. The molecule has 1 amide bonds. The highest BCUT2D eigenvalue weighted by Gasteiger charge is 2.22. The molecule has 4 aromatic rings. The number of nitrogens with one attached hydrogen (secondary N) is 1. The van der Waals surface area contributed by atoms with E-state index < -0.39 is 0 Å². The number of rotatable bonds is 9. The molecule has 0 aliphatic carbocycles. The summed E-state index contributed by atoms with van der Waals surface area (Å²) in [7, 11) is 0. The highest BCUT2D eigenvalue weighted by atomic mass is 32.2. The number of unbranched alkanes of at least 4 members (excludes halogenated alkanes) is 1. The lowest BCUT2D eigenvalue weighted by atomic mass is 10.0. The van der Waals surface area contributed by atoms with Gasteiger partial charge in [-0.3, -0.25) is 9.36 Å². The molecule has 0 bridgehead atoms. The maximum Gasteiger partial charge on any atom is 0.230 e. The lowest BCUT2D eigenvalue weighted by Crippen LogP contribution is -2.26. The molecule has 5 heteroatoms. The fourth-order valence-corrected chi connectivity index (χ4v) is 4.40. The van der Waals surface area contributed by atoms with E-state index in [0.29, 0.717) is 12.3 Å². The third kappa shape index (κ3) is 5.11. The number of benzene rings is 3. The number of amides is 1. The molecule has 1 heterocycles. The van der Waals surface area contributed by atoms with Crippen LogP contribution in [0.4, 0.5) is 0 Å². The van der Waals surface area contributed by atoms with Gasteiger partial charge in [0.2, 0.25) is 5.91 Å². The number of aromatic nitrogens is 2. The van der Waals surface area contributed by atoms with Crippen LogP contribution in [0.15, 0.2) is 96.2 Å². The molecule has 0 saturated heterocycles. The molecule has 0 aliphatic heterocycles. The lowest BCUT2D eigenvalue weighted by Gasteiger charge is -2.13. The predicted octanol–water partition coefficient (Wildman–Crippen LogP) is 6.21. The van der Waals surface area contributed by atoms with E-state index in [2.05, 4.69) is 53.2 Å². The van der Waals surface area contributed by atoms with Crippen molar-refractivity contribution >= 4 is 17.7 Å². The molecule has 4 nitrogen and oxygen atoms in total. The maximum absolute atomic E-state index is 12.4. The topological polar surface area (TPSA) is 46.9 Å². The normalized spacial score (nSPS) is 10.8. The van der Waals surface area contributed by atoms with Gasteiger partial charge in [0.1, 0.15) is 0 Å². The predicted molar refractivity (Wildman–Crippen MR) is 133 cm³/mol. The number of carbonyl (C=O) groups excluding carboxylic acids is 1. The molecular formula is C27H27N3OS. The van der Waals surface area contributed by atoms with Crippen molar-refractivity contribution in [3.8, 4) is 28.2 Å². The molecule has 162 valence electrons. The molecule has 0 fully saturated rings. The second-order valence-electron chi connectivity index (χ2n) is 7.49. The molecule has 0 radical (unpaired) electrons. The van der Waals surface area contributed by atoms with Crippen LogP contribution in [0.25, 0.3) is 28.2 Å². The molecule has 0 saturated carbocycles. The van der Waals surface area contributed by atoms with Gasteiger partial charge in [0.25, 0.3) is 0 Å². The van der Waals surface area contributed by atoms with E-state index in [-0.39, 0.29) is 5.91 Å². The largest absolute Gasteiger partial charge is 0.355 e. The first-order valence-electron chi connectivity index (χ1n) is 11.0. The number of nitrogens with zero attached hydrogens (tertiary/aromatic N) is 2. The number of hydrogen-bond acceptors (Lipinski definition) is 3. The van der Waals surface area contributed by atoms with Crippen LogP contribution in [0.2, 0.25) is 0 Å². The zero-order valence-electron chi connectivity index (χ0n) is 18.2. The minimum Gasteiger partial charge on any atom is -0.355 e. The van der Waals surface area contributed by atoms with Crippen molar-refractivity contribution in [2.75, 3.05) is 12.3 Å². The summed E-state index contributed by atoms with van der Waals surface area (Å²) in [4.78, 5) is 17.4. The first kappa shape index (κ1) is 21.9. The summed E-state index contributed by atoms with van der Waals surface area (Å²) in [5.41, 5.74) is 5.10. The van der Waals surface area contributed by atoms with E-state index in [0.717, 1.165) is 46.2 Å². The van der Waals surface area contributed by atoms with Crippen molar-refractivity contribution in [2.45, 2.75) is 24.9 Å². The summed E-state index contributed by atoms with van der Waals surface area (Å²) in [5.74, 6) is 0.365. The van der Waals surface area contributed by atoms with E-state index in [1.165, 1.54) is 11.8 Å². The van der Waals surface area contributed by atoms with E-state index in [4.69, 9.17) is 4.98 Å². The van der Waals surface area contributed by atoms with Crippen molar-refractivity contribution in [3.05, 3.63) is 91.0 Å².